The Morgan fingerprint density at radius 1 is 1.21 bits per heavy atom. The highest BCUT2D eigenvalue weighted by molar-refractivity contribution is 5.87. The van der Waals surface area contributed by atoms with Crippen LogP contribution in [-0.2, 0) is 14.3 Å². The third-order valence-corrected chi connectivity index (χ3v) is 8.99. The van der Waals surface area contributed by atoms with E-state index in [4.69, 9.17) is 4.74 Å². The molecule has 158 valence electrons. The molecule has 28 heavy (non-hydrogen) atoms. The quantitative estimate of drug-likeness (QED) is 0.494. The van der Waals surface area contributed by atoms with E-state index in [0.29, 0.717) is 47.7 Å². The second-order valence-electron chi connectivity index (χ2n) is 10.3. The van der Waals surface area contributed by atoms with Crippen LogP contribution in [0.2, 0.25) is 0 Å². The van der Waals surface area contributed by atoms with Crippen molar-refractivity contribution in [1.29, 1.82) is 0 Å². The van der Waals surface area contributed by atoms with Crippen molar-refractivity contribution in [2.45, 2.75) is 98.5 Å². The summed E-state index contributed by atoms with van der Waals surface area (Å²) in [5, 5.41) is 0. The summed E-state index contributed by atoms with van der Waals surface area (Å²) in [6, 6.07) is 0. The topological polar surface area (TPSA) is 43.4 Å². The molecule has 3 fully saturated rings. The molecule has 7 atom stereocenters. The Hall–Kier alpha value is -1.12. The average Bonchev–Trinajstić information content (AvgIpc) is 2.98. The lowest BCUT2D eigenvalue weighted by Gasteiger charge is -2.57. The van der Waals surface area contributed by atoms with Crippen molar-refractivity contribution in [1.82, 2.24) is 0 Å². The first-order valence-electron chi connectivity index (χ1n) is 11.5. The normalized spacial score (nSPS) is 41.1. The van der Waals surface area contributed by atoms with Crippen molar-refractivity contribution < 1.29 is 14.3 Å². The Morgan fingerprint density at radius 2 is 1.93 bits per heavy atom. The molecular formula is C25H40O3. The van der Waals surface area contributed by atoms with Gasteiger partial charge in [-0.25, -0.2) is 0 Å². The Kier molecular flexibility index (Phi) is 6.13. The fraction of sp³-hybridized carbons (Fsp3) is 0.840. The van der Waals surface area contributed by atoms with Crippen LogP contribution in [0.25, 0.3) is 0 Å². The van der Waals surface area contributed by atoms with Gasteiger partial charge in [-0.1, -0.05) is 20.4 Å². The molecule has 3 nitrogen and oxygen atoms in total. The molecular weight excluding hydrogens is 348 g/mol. The van der Waals surface area contributed by atoms with E-state index in [0.717, 1.165) is 31.4 Å². The number of rotatable bonds is 7. The molecule has 0 aliphatic heterocycles. The van der Waals surface area contributed by atoms with Crippen molar-refractivity contribution in [3.8, 4) is 0 Å². The fourth-order valence-corrected chi connectivity index (χ4v) is 7.70. The van der Waals surface area contributed by atoms with Gasteiger partial charge < -0.3 is 9.53 Å². The molecule has 0 radical (unpaired) electrons. The number of fused-ring (bicyclic) bond motifs is 3. The van der Waals surface area contributed by atoms with Gasteiger partial charge in [0, 0.05) is 24.2 Å². The van der Waals surface area contributed by atoms with Crippen molar-refractivity contribution in [3.63, 3.8) is 0 Å². The minimum absolute atomic E-state index is 0.211. The summed E-state index contributed by atoms with van der Waals surface area (Å²) in [5.41, 5.74) is 0.0459. The predicted octanol–water partition coefficient (Wildman–Crippen LogP) is 6.11. The number of hydrogen-bond acceptors (Lipinski definition) is 3. The SMILES string of the molecule is C=C(C)O[C@@H](C)[C@H]1CCC2C3CCC(=O)[C@@](CC)(CCC(C)=O)C3CCC21C. The van der Waals surface area contributed by atoms with E-state index in [9.17, 15) is 9.59 Å². The minimum Gasteiger partial charge on any atom is -0.496 e. The standard InChI is InChI=1S/C25H40O3/c1-7-25(15-12-17(4)26)22-13-14-24(6)20(18(5)28-16(2)3)9-10-21(24)19(22)8-11-23(25)27/h18-22H,2,7-15H2,1,3-6H3/t18-,19?,20+,21?,22?,24?,25-/m0/s1. The van der Waals surface area contributed by atoms with Crippen molar-refractivity contribution in [3.05, 3.63) is 12.3 Å². The summed E-state index contributed by atoms with van der Waals surface area (Å²) in [7, 11) is 0. The Morgan fingerprint density at radius 3 is 2.54 bits per heavy atom. The molecule has 0 aromatic heterocycles. The highest BCUT2D eigenvalue weighted by atomic mass is 16.5. The maximum Gasteiger partial charge on any atom is 0.139 e. The lowest BCUT2D eigenvalue weighted by Crippen LogP contribution is -2.54. The number of allylic oxidation sites excluding steroid dienone is 1. The lowest BCUT2D eigenvalue weighted by atomic mass is 9.47. The Labute approximate surface area is 171 Å². The first-order chi connectivity index (χ1) is 13.2. The summed E-state index contributed by atoms with van der Waals surface area (Å²) >= 11 is 0. The number of carbonyl (C=O) groups excluding carboxylic acids is 2. The Bertz CT molecular complexity index is 638. The summed E-state index contributed by atoms with van der Waals surface area (Å²) in [5.74, 6) is 3.82. The molecule has 4 unspecified atom stereocenters. The first-order valence-corrected chi connectivity index (χ1v) is 11.5. The van der Waals surface area contributed by atoms with E-state index in [1.165, 1.54) is 19.3 Å². The van der Waals surface area contributed by atoms with E-state index in [1.807, 2.05) is 6.92 Å². The van der Waals surface area contributed by atoms with Gasteiger partial charge in [-0.05, 0) is 88.9 Å². The van der Waals surface area contributed by atoms with Crippen LogP contribution < -0.4 is 0 Å². The number of carbonyl (C=O) groups is 2. The summed E-state index contributed by atoms with van der Waals surface area (Å²) < 4.78 is 6.04. The van der Waals surface area contributed by atoms with E-state index in [1.54, 1.807) is 6.92 Å². The molecule has 0 saturated heterocycles. The molecule has 0 aromatic rings. The smallest absolute Gasteiger partial charge is 0.139 e. The average molecular weight is 389 g/mol. The molecule has 3 rings (SSSR count). The van der Waals surface area contributed by atoms with Crippen molar-refractivity contribution >= 4 is 11.6 Å². The van der Waals surface area contributed by atoms with Gasteiger partial charge in [0.05, 0.1) is 11.9 Å². The zero-order valence-corrected chi connectivity index (χ0v) is 18.7. The zero-order valence-electron chi connectivity index (χ0n) is 18.7. The highest BCUT2D eigenvalue weighted by Crippen LogP contribution is 2.65. The van der Waals surface area contributed by atoms with Crippen LogP contribution in [0.4, 0.5) is 0 Å². The Balaban J connectivity index is 1.86. The van der Waals surface area contributed by atoms with Gasteiger partial charge in [0.15, 0.2) is 0 Å². The number of ether oxygens (including phenoxy) is 1. The second kappa shape index (κ2) is 7.95. The third kappa shape index (κ3) is 3.48. The summed E-state index contributed by atoms with van der Waals surface area (Å²) in [6.45, 7) is 14.4. The van der Waals surface area contributed by atoms with Gasteiger partial charge in [0.25, 0.3) is 0 Å². The molecule has 3 heteroatoms. The van der Waals surface area contributed by atoms with Crippen molar-refractivity contribution in [2.75, 3.05) is 0 Å². The second-order valence-corrected chi connectivity index (χ2v) is 10.3. The van der Waals surface area contributed by atoms with Crippen LogP contribution in [0, 0.1) is 34.5 Å². The van der Waals surface area contributed by atoms with Gasteiger partial charge in [-0.2, -0.15) is 0 Å². The largest absolute Gasteiger partial charge is 0.496 e. The van der Waals surface area contributed by atoms with Gasteiger partial charge in [-0.15, -0.1) is 0 Å². The van der Waals surface area contributed by atoms with Crippen LogP contribution in [-0.4, -0.2) is 17.7 Å². The monoisotopic (exact) mass is 388 g/mol. The van der Waals surface area contributed by atoms with Gasteiger partial charge in [-0.3, -0.25) is 4.79 Å². The van der Waals surface area contributed by atoms with Gasteiger partial charge >= 0.3 is 0 Å². The number of hydrogen-bond donors (Lipinski definition) is 0. The number of ketones is 2. The minimum atomic E-state index is -0.256. The molecule has 0 N–H and O–H groups in total. The molecule has 0 amide bonds. The van der Waals surface area contributed by atoms with Crippen LogP contribution in [0.3, 0.4) is 0 Å². The molecule has 0 heterocycles. The van der Waals surface area contributed by atoms with E-state index in [-0.39, 0.29) is 17.3 Å². The van der Waals surface area contributed by atoms with Gasteiger partial charge in [0.1, 0.15) is 11.6 Å². The predicted molar refractivity (Wildman–Crippen MR) is 113 cm³/mol. The lowest BCUT2D eigenvalue weighted by molar-refractivity contribution is -0.150. The van der Waals surface area contributed by atoms with Gasteiger partial charge in [0.2, 0.25) is 0 Å². The molecule has 3 aliphatic carbocycles. The first kappa shape index (κ1) is 21.6. The fourth-order valence-electron chi connectivity index (χ4n) is 7.70. The molecule has 0 aromatic carbocycles. The number of Topliss-reactive ketones (excluding diaryl/α,β-unsaturated/α-hetero) is 2. The molecule has 0 spiro atoms. The summed E-state index contributed by atoms with van der Waals surface area (Å²) in [6.07, 6.45) is 8.97. The maximum absolute atomic E-state index is 13.1. The van der Waals surface area contributed by atoms with Crippen molar-refractivity contribution in [2.24, 2.45) is 34.5 Å². The van der Waals surface area contributed by atoms with Crippen LogP contribution >= 0.6 is 0 Å². The van der Waals surface area contributed by atoms with E-state index >= 15 is 0 Å². The van der Waals surface area contributed by atoms with Crippen LogP contribution in [0.5, 0.6) is 0 Å². The molecule has 3 aliphatic rings. The maximum atomic E-state index is 13.1. The van der Waals surface area contributed by atoms with Crippen LogP contribution in [0.1, 0.15) is 92.4 Å². The summed E-state index contributed by atoms with van der Waals surface area (Å²) in [4.78, 5) is 24.9. The molecule has 0 bridgehead atoms. The molecule has 3 saturated carbocycles. The van der Waals surface area contributed by atoms with E-state index < -0.39 is 0 Å². The third-order valence-electron chi connectivity index (χ3n) is 8.99. The highest BCUT2D eigenvalue weighted by Gasteiger charge is 2.61. The zero-order chi connectivity index (χ0) is 20.7. The van der Waals surface area contributed by atoms with E-state index in [2.05, 4.69) is 27.4 Å². The van der Waals surface area contributed by atoms with Crippen LogP contribution in [0.15, 0.2) is 12.3 Å².